The number of nitrogens with one attached hydrogen (secondary N) is 1. The molecule has 0 bridgehead atoms. The molecule has 1 atom stereocenters. The number of ether oxygens (including phenoxy) is 1. The maximum Gasteiger partial charge on any atom is 0.306 e. The van der Waals surface area contributed by atoms with Gasteiger partial charge < -0.3 is 15.2 Å². The Labute approximate surface area is 118 Å². The van der Waals surface area contributed by atoms with E-state index in [4.69, 9.17) is 9.84 Å². The number of rotatable bonds is 8. The van der Waals surface area contributed by atoms with Gasteiger partial charge in [-0.2, -0.15) is 0 Å². The number of hydrogen-bond acceptors (Lipinski definition) is 3. The lowest BCUT2D eigenvalue weighted by molar-refractivity contribution is -0.141. The van der Waals surface area contributed by atoms with Gasteiger partial charge in [0.05, 0.1) is 5.92 Å². The predicted molar refractivity (Wildman–Crippen MR) is 75.9 cm³/mol. The van der Waals surface area contributed by atoms with Gasteiger partial charge in [0.1, 0.15) is 12.4 Å². The number of hydrogen-bond donors (Lipinski definition) is 2. The first kappa shape index (κ1) is 15.8. The average molecular weight is 277 g/mol. The van der Waals surface area contributed by atoms with Crippen LogP contribution in [0, 0.1) is 5.92 Å². The molecule has 5 heteroatoms. The van der Waals surface area contributed by atoms with Crippen LogP contribution in [0.2, 0.25) is 0 Å². The minimum Gasteiger partial charge on any atom is -0.490 e. The van der Waals surface area contributed by atoms with Crippen molar-refractivity contribution in [3.63, 3.8) is 0 Å². The van der Waals surface area contributed by atoms with Crippen LogP contribution in [0.5, 0.6) is 5.75 Å². The van der Waals surface area contributed by atoms with E-state index in [0.717, 1.165) is 0 Å². The average Bonchev–Trinajstić information content (AvgIpc) is 2.45. The molecule has 0 radical (unpaired) electrons. The number of carboxylic acid groups (broad SMARTS) is 1. The van der Waals surface area contributed by atoms with Crippen LogP contribution in [0.4, 0.5) is 0 Å². The molecule has 1 unspecified atom stereocenters. The van der Waals surface area contributed by atoms with Gasteiger partial charge in [-0.05, 0) is 30.7 Å². The van der Waals surface area contributed by atoms with Crippen molar-refractivity contribution in [1.29, 1.82) is 0 Å². The van der Waals surface area contributed by atoms with E-state index in [9.17, 15) is 9.59 Å². The van der Waals surface area contributed by atoms with Crippen molar-refractivity contribution >= 4 is 11.9 Å². The largest absolute Gasteiger partial charge is 0.490 e. The number of amides is 1. The summed E-state index contributed by atoms with van der Waals surface area (Å²) in [5.74, 6) is -0.883. The Morgan fingerprint density at radius 2 is 2.05 bits per heavy atom. The minimum absolute atomic E-state index is 0.224. The lowest BCUT2D eigenvalue weighted by Gasteiger charge is -2.08. The molecule has 5 nitrogen and oxygen atoms in total. The van der Waals surface area contributed by atoms with E-state index in [0.29, 0.717) is 30.9 Å². The fourth-order valence-corrected chi connectivity index (χ4v) is 1.49. The Balaban J connectivity index is 2.43. The van der Waals surface area contributed by atoms with E-state index in [1.165, 1.54) is 0 Å². The van der Waals surface area contributed by atoms with Gasteiger partial charge in [-0.3, -0.25) is 9.59 Å². The summed E-state index contributed by atoms with van der Waals surface area (Å²) < 4.78 is 5.31. The Morgan fingerprint density at radius 3 is 2.60 bits per heavy atom. The molecule has 1 amide bonds. The first-order valence-electron chi connectivity index (χ1n) is 6.39. The van der Waals surface area contributed by atoms with Gasteiger partial charge in [0.2, 0.25) is 0 Å². The molecule has 0 fully saturated rings. The molecule has 0 heterocycles. The van der Waals surface area contributed by atoms with Crippen LogP contribution in [-0.2, 0) is 4.79 Å². The topological polar surface area (TPSA) is 75.6 Å². The summed E-state index contributed by atoms with van der Waals surface area (Å²) in [4.78, 5) is 22.4. The molecule has 0 saturated heterocycles. The molecule has 0 spiro atoms. The summed E-state index contributed by atoms with van der Waals surface area (Å²) in [7, 11) is 0. The van der Waals surface area contributed by atoms with Gasteiger partial charge in [0.15, 0.2) is 0 Å². The zero-order valence-electron chi connectivity index (χ0n) is 11.5. The molecule has 0 saturated carbocycles. The van der Waals surface area contributed by atoms with Crippen LogP contribution in [0.25, 0.3) is 0 Å². The van der Waals surface area contributed by atoms with Crippen molar-refractivity contribution in [2.24, 2.45) is 5.92 Å². The van der Waals surface area contributed by atoms with Crippen LogP contribution >= 0.6 is 0 Å². The number of carbonyl (C=O) groups excluding carboxylic acids is 1. The molecule has 1 aromatic rings. The van der Waals surface area contributed by atoms with Gasteiger partial charge in [-0.15, -0.1) is 0 Å². The molecule has 0 aliphatic rings. The number of carboxylic acids is 1. The Morgan fingerprint density at radius 1 is 1.40 bits per heavy atom. The van der Waals surface area contributed by atoms with E-state index in [1.807, 2.05) is 0 Å². The van der Waals surface area contributed by atoms with Crippen molar-refractivity contribution < 1.29 is 19.4 Å². The number of benzene rings is 1. The van der Waals surface area contributed by atoms with Crippen molar-refractivity contribution in [3.8, 4) is 5.75 Å². The molecule has 0 aromatic heterocycles. The number of carbonyl (C=O) groups is 2. The van der Waals surface area contributed by atoms with Crippen molar-refractivity contribution in [3.05, 3.63) is 42.5 Å². The predicted octanol–water partition coefficient (Wildman–Crippen LogP) is 2.09. The minimum atomic E-state index is -0.858. The first-order chi connectivity index (χ1) is 9.54. The van der Waals surface area contributed by atoms with E-state index in [-0.39, 0.29) is 5.91 Å². The molecule has 0 aliphatic carbocycles. The Hall–Kier alpha value is -2.30. The molecule has 0 aliphatic heterocycles. The van der Waals surface area contributed by atoms with Crippen LogP contribution < -0.4 is 10.1 Å². The third-order valence-electron chi connectivity index (χ3n) is 2.77. The van der Waals surface area contributed by atoms with Gasteiger partial charge in [-0.1, -0.05) is 19.6 Å². The second-order valence-corrected chi connectivity index (χ2v) is 4.41. The summed E-state index contributed by atoms with van der Waals surface area (Å²) in [5.41, 5.74) is 0.513. The summed E-state index contributed by atoms with van der Waals surface area (Å²) in [6.45, 7) is 5.91. The second-order valence-electron chi connectivity index (χ2n) is 4.41. The summed E-state index contributed by atoms with van der Waals surface area (Å²) in [6, 6.07) is 6.74. The quantitative estimate of drug-likeness (QED) is 0.713. The van der Waals surface area contributed by atoms with Crippen LogP contribution in [0.3, 0.4) is 0 Å². The smallest absolute Gasteiger partial charge is 0.306 e. The van der Waals surface area contributed by atoms with E-state index < -0.39 is 11.9 Å². The fraction of sp³-hybridized carbons (Fsp3) is 0.333. The van der Waals surface area contributed by atoms with Gasteiger partial charge in [-0.25, -0.2) is 0 Å². The second kappa shape index (κ2) is 7.99. The van der Waals surface area contributed by atoms with Crippen LogP contribution in [0.15, 0.2) is 36.9 Å². The highest BCUT2D eigenvalue weighted by molar-refractivity contribution is 5.94. The molecule has 1 aromatic carbocycles. The highest BCUT2D eigenvalue weighted by Gasteiger charge is 2.11. The fourth-order valence-electron chi connectivity index (χ4n) is 1.49. The zero-order chi connectivity index (χ0) is 15.0. The monoisotopic (exact) mass is 277 g/mol. The van der Waals surface area contributed by atoms with Gasteiger partial charge >= 0.3 is 5.97 Å². The van der Waals surface area contributed by atoms with E-state index in [2.05, 4.69) is 11.9 Å². The highest BCUT2D eigenvalue weighted by Crippen LogP contribution is 2.12. The van der Waals surface area contributed by atoms with Gasteiger partial charge in [0, 0.05) is 12.1 Å². The van der Waals surface area contributed by atoms with Crippen molar-refractivity contribution in [2.75, 3.05) is 13.2 Å². The zero-order valence-corrected chi connectivity index (χ0v) is 11.5. The Bertz CT molecular complexity index is 467. The molecule has 1 rings (SSSR count). The third kappa shape index (κ3) is 5.14. The maximum absolute atomic E-state index is 11.8. The Kier molecular flexibility index (Phi) is 6.29. The molecule has 108 valence electrons. The lowest BCUT2D eigenvalue weighted by atomic mass is 10.1. The molecular weight excluding hydrogens is 258 g/mol. The van der Waals surface area contributed by atoms with Gasteiger partial charge in [0.25, 0.3) is 5.91 Å². The summed E-state index contributed by atoms with van der Waals surface area (Å²) in [6.07, 6.45) is 2.05. The molecular formula is C15H19NO4. The normalized spacial score (nSPS) is 11.4. The standard InChI is InChI=1S/C15H19NO4/c1-3-10-20-13-6-4-12(5-7-13)14(17)16-9-8-11(2)15(18)19/h3-7,11H,1,8-10H2,2H3,(H,16,17)(H,18,19). The molecule has 20 heavy (non-hydrogen) atoms. The van der Waals surface area contributed by atoms with Crippen molar-refractivity contribution in [2.45, 2.75) is 13.3 Å². The van der Waals surface area contributed by atoms with E-state index >= 15 is 0 Å². The summed E-state index contributed by atoms with van der Waals surface area (Å²) >= 11 is 0. The molecule has 2 N–H and O–H groups in total. The lowest BCUT2D eigenvalue weighted by Crippen LogP contribution is -2.26. The van der Waals surface area contributed by atoms with E-state index in [1.54, 1.807) is 37.3 Å². The third-order valence-corrected chi connectivity index (χ3v) is 2.77. The van der Waals surface area contributed by atoms with Crippen molar-refractivity contribution in [1.82, 2.24) is 5.32 Å². The maximum atomic E-state index is 11.8. The number of aliphatic carboxylic acids is 1. The summed E-state index contributed by atoms with van der Waals surface area (Å²) in [5, 5.41) is 11.4. The first-order valence-corrected chi connectivity index (χ1v) is 6.39. The highest BCUT2D eigenvalue weighted by atomic mass is 16.5. The SMILES string of the molecule is C=CCOc1ccc(C(=O)NCCC(C)C(=O)O)cc1. The van der Waals surface area contributed by atoms with Crippen LogP contribution in [-0.4, -0.2) is 30.1 Å². The van der Waals surface area contributed by atoms with Crippen LogP contribution in [0.1, 0.15) is 23.7 Å².